The van der Waals surface area contributed by atoms with Gasteiger partial charge in [0.2, 0.25) is 0 Å². The van der Waals surface area contributed by atoms with Crippen LogP contribution in [0.4, 0.5) is 4.39 Å². The van der Waals surface area contributed by atoms with Crippen LogP contribution >= 0.6 is 11.6 Å². The Kier molecular flexibility index (Phi) is 4.12. The minimum absolute atomic E-state index is 0.0338. The number of halogens is 2. The second-order valence-electron chi connectivity index (χ2n) is 3.69. The lowest BCUT2D eigenvalue weighted by molar-refractivity contribution is 0.470. The van der Waals surface area contributed by atoms with Gasteiger partial charge in [-0.05, 0) is 25.2 Å². The summed E-state index contributed by atoms with van der Waals surface area (Å²) in [4.78, 5) is 4.00. The molecule has 0 fully saturated rings. The van der Waals surface area contributed by atoms with E-state index in [1.165, 1.54) is 18.2 Å². The fourth-order valence-electron chi connectivity index (χ4n) is 1.50. The van der Waals surface area contributed by atoms with Crippen LogP contribution in [0.3, 0.4) is 0 Å². The molecule has 0 atom stereocenters. The maximum absolute atomic E-state index is 13.0. The summed E-state index contributed by atoms with van der Waals surface area (Å²) >= 11 is 5.70. The Morgan fingerprint density at radius 1 is 1.39 bits per heavy atom. The van der Waals surface area contributed by atoms with Crippen molar-refractivity contribution in [2.45, 2.75) is 6.54 Å². The van der Waals surface area contributed by atoms with Crippen LogP contribution in [-0.2, 0) is 6.54 Å². The molecule has 1 N–H and O–H groups in total. The highest BCUT2D eigenvalue weighted by atomic mass is 35.5. The first-order chi connectivity index (χ1) is 8.70. The van der Waals surface area contributed by atoms with E-state index in [0.29, 0.717) is 18.0 Å². The van der Waals surface area contributed by atoms with Gasteiger partial charge in [-0.3, -0.25) is 4.98 Å². The number of ether oxygens (including phenoxy) is 1. The molecule has 0 saturated carbocycles. The van der Waals surface area contributed by atoms with E-state index < -0.39 is 5.82 Å². The van der Waals surface area contributed by atoms with Crippen molar-refractivity contribution in [2.75, 3.05) is 7.05 Å². The summed E-state index contributed by atoms with van der Waals surface area (Å²) in [7, 11) is 1.85. The molecule has 3 nitrogen and oxygen atoms in total. The zero-order valence-corrected chi connectivity index (χ0v) is 10.5. The SMILES string of the molecule is CNCc1ccncc1Oc1ccc(F)c(Cl)c1. The molecule has 5 heteroatoms. The zero-order valence-electron chi connectivity index (χ0n) is 9.78. The van der Waals surface area contributed by atoms with Gasteiger partial charge in [-0.25, -0.2) is 4.39 Å². The highest BCUT2D eigenvalue weighted by molar-refractivity contribution is 6.30. The van der Waals surface area contributed by atoms with Crippen LogP contribution < -0.4 is 10.1 Å². The lowest BCUT2D eigenvalue weighted by Gasteiger charge is -2.10. The summed E-state index contributed by atoms with van der Waals surface area (Å²) in [5.74, 6) is 0.631. The molecule has 94 valence electrons. The third-order valence-electron chi connectivity index (χ3n) is 2.36. The quantitative estimate of drug-likeness (QED) is 0.921. The Morgan fingerprint density at radius 3 is 2.94 bits per heavy atom. The Bertz CT molecular complexity index is 548. The van der Waals surface area contributed by atoms with Crippen LogP contribution in [-0.4, -0.2) is 12.0 Å². The largest absolute Gasteiger partial charge is 0.455 e. The molecule has 0 aliphatic carbocycles. The van der Waals surface area contributed by atoms with Crippen molar-refractivity contribution in [2.24, 2.45) is 0 Å². The molecule has 0 aliphatic rings. The van der Waals surface area contributed by atoms with Gasteiger partial charge >= 0.3 is 0 Å². The lowest BCUT2D eigenvalue weighted by Crippen LogP contribution is -2.06. The average molecular weight is 267 g/mol. The minimum atomic E-state index is -0.467. The normalized spacial score (nSPS) is 10.4. The fraction of sp³-hybridized carbons (Fsp3) is 0.154. The van der Waals surface area contributed by atoms with E-state index >= 15 is 0 Å². The summed E-state index contributed by atoms with van der Waals surface area (Å²) in [5.41, 5.74) is 0.966. The van der Waals surface area contributed by atoms with E-state index in [9.17, 15) is 4.39 Å². The van der Waals surface area contributed by atoms with Gasteiger partial charge in [0.25, 0.3) is 0 Å². The molecule has 0 saturated heterocycles. The van der Waals surface area contributed by atoms with Crippen molar-refractivity contribution in [3.8, 4) is 11.5 Å². The molecular weight excluding hydrogens is 255 g/mol. The number of aromatic nitrogens is 1. The van der Waals surface area contributed by atoms with Crippen molar-refractivity contribution >= 4 is 11.6 Å². The van der Waals surface area contributed by atoms with E-state index in [4.69, 9.17) is 16.3 Å². The van der Waals surface area contributed by atoms with Crippen LogP contribution in [0.5, 0.6) is 11.5 Å². The molecular formula is C13H12ClFN2O. The third kappa shape index (κ3) is 2.97. The maximum Gasteiger partial charge on any atom is 0.150 e. The number of rotatable bonds is 4. The second-order valence-corrected chi connectivity index (χ2v) is 4.10. The standard InChI is InChI=1S/C13H12ClFN2O/c1-16-7-9-4-5-17-8-13(9)18-10-2-3-12(15)11(14)6-10/h2-6,8,16H,7H2,1H3. The zero-order chi connectivity index (χ0) is 13.0. The van der Waals surface area contributed by atoms with E-state index in [0.717, 1.165) is 5.56 Å². The molecule has 2 rings (SSSR count). The molecule has 0 radical (unpaired) electrons. The smallest absolute Gasteiger partial charge is 0.150 e. The topological polar surface area (TPSA) is 34.2 Å². The van der Waals surface area contributed by atoms with Crippen molar-refractivity contribution < 1.29 is 9.13 Å². The molecule has 18 heavy (non-hydrogen) atoms. The van der Waals surface area contributed by atoms with Gasteiger partial charge in [-0.1, -0.05) is 11.6 Å². The molecule has 0 unspecified atom stereocenters. The molecule has 1 aromatic heterocycles. The summed E-state index contributed by atoms with van der Waals surface area (Å²) < 4.78 is 18.7. The Labute approximate surface area is 110 Å². The predicted octanol–water partition coefficient (Wildman–Crippen LogP) is 3.39. The van der Waals surface area contributed by atoms with Crippen LogP contribution in [0.2, 0.25) is 5.02 Å². The predicted molar refractivity (Wildman–Crippen MR) is 68.5 cm³/mol. The van der Waals surface area contributed by atoms with Gasteiger partial charge in [0.15, 0.2) is 0 Å². The van der Waals surface area contributed by atoms with Crippen molar-refractivity contribution in [1.82, 2.24) is 10.3 Å². The first kappa shape index (κ1) is 12.8. The van der Waals surface area contributed by atoms with E-state index in [2.05, 4.69) is 10.3 Å². The van der Waals surface area contributed by atoms with E-state index in [1.54, 1.807) is 12.4 Å². The highest BCUT2D eigenvalue weighted by Crippen LogP contribution is 2.27. The van der Waals surface area contributed by atoms with Crippen molar-refractivity contribution in [3.05, 3.63) is 53.1 Å². The van der Waals surface area contributed by atoms with Crippen LogP contribution in [0.25, 0.3) is 0 Å². The first-order valence-corrected chi connectivity index (χ1v) is 5.79. The van der Waals surface area contributed by atoms with Crippen molar-refractivity contribution in [1.29, 1.82) is 0 Å². The molecule has 2 aromatic rings. The van der Waals surface area contributed by atoms with Crippen LogP contribution in [0, 0.1) is 5.82 Å². The fourth-order valence-corrected chi connectivity index (χ4v) is 1.68. The number of benzene rings is 1. The molecule has 0 aliphatic heterocycles. The number of nitrogens with zero attached hydrogens (tertiary/aromatic N) is 1. The van der Waals surface area contributed by atoms with E-state index in [1.807, 2.05) is 13.1 Å². The molecule has 1 aromatic carbocycles. The second kappa shape index (κ2) is 5.80. The first-order valence-electron chi connectivity index (χ1n) is 5.41. The van der Waals surface area contributed by atoms with Gasteiger partial charge < -0.3 is 10.1 Å². The van der Waals surface area contributed by atoms with Crippen LogP contribution in [0.15, 0.2) is 36.7 Å². The van der Waals surface area contributed by atoms with Crippen LogP contribution in [0.1, 0.15) is 5.56 Å². The lowest BCUT2D eigenvalue weighted by atomic mass is 10.2. The van der Waals surface area contributed by atoms with Gasteiger partial charge in [-0.15, -0.1) is 0 Å². The average Bonchev–Trinajstić information content (AvgIpc) is 2.37. The Hall–Kier alpha value is -1.65. The Balaban J connectivity index is 2.25. The van der Waals surface area contributed by atoms with Crippen molar-refractivity contribution in [3.63, 3.8) is 0 Å². The molecule has 0 amide bonds. The third-order valence-corrected chi connectivity index (χ3v) is 2.65. The Morgan fingerprint density at radius 2 is 2.22 bits per heavy atom. The van der Waals surface area contributed by atoms with Gasteiger partial charge in [0.1, 0.15) is 17.3 Å². The maximum atomic E-state index is 13.0. The number of pyridine rings is 1. The monoisotopic (exact) mass is 266 g/mol. The summed E-state index contributed by atoms with van der Waals surface area (Å²) in [6, 6.07) is 6.09. The number of hydrogen-bond donors (Lipinski definition) is 1. The molecule has 0 spiro atoms. The summed E-state index contributed by atoms with van der Waals surface area (Å²) in [5, 5.41) is 3.07. The number of nitrogens with one attached hydrogen (secondary N) is 1. The molecule has 0 bridgehead atoms. The highest BCUT2D eigenvalue weighted by Gasteiger charge is 2.06. The molecule has 1 heterocycles. The van der Waals surface area contributed by atoms with Gasteiger partial charge in [-0.2, -0.15) is 0 Å². The van der Waals surface area contributed by atoms with E-state index in [-0.39, 0.29) is 5.02 Å². The van der Waals surface area contributed by atoms with Gasteiger partial charge in [0.05, 0.1) is 11.2 Å². The minimum Gasteiger partial charge on any atom is -0.455 e. The van der Waals surface area contributed by atoms with Gasteiger partial charge in [0, 0.05) is 24.4 Å². The summed E-state index contributed by atoms with van der Waals surface area (Å²) in [6.07, 6.45) is 3.31. The summed E-state index contributed by atoms with van der Waals surface area (Å²) in [6.45, 7) is 0.660. The number of hydrogen-bond acceptors (Lipinski definition) is 3.